The lowest BCUT2D eigenvalue weighted by Gasteiger charge is -2.23. The minimum atomic E-state index is -3.65. The van der Waals surface area contributed by atoms with Crippen molar-refractivity contribution in [2.75, 3.05) is 13.1 Å². The number of rotatable bonds is 8. The highest BCUT2D eigenvalue weighted by Crippen LogP contribution is 2.20. The second kappa shape index (κ2) is 6.86. The molecule has 0 saturated heterocycles. The van der Waals surface area contributed by atoms with E-state index in [1.165, 1.54) is 16.4 Å². The molecule has 108 valence electrons. The van der Waals surface area contributed by atoms with Crippen molar-refractivity contribution >= 4 is 16.3 Å². The fourth-order valence-corrected chi connectivity index (χ4v) is 3.34. The van der Waals surface area contributed by atoms with Gasteiger partial charge >= 0.3 is 0 Å². The average molecular weight is 287 g/mol. The Balaban J connectivity index is 2.98. The van der Waals surface area contributed by atoms with Gasteiger partial charge in [-0.3, -0.25) is 4.79 Å². The molecule has 1 aromatic rings. The summed E-state index contributed by atoms with van der Waals surface area (Å²) in [6, 6.07) is 2.69. The number of carbonyl (C=O) groups excluding carboxylic acids is 1. The summed E-state index contributed by atoms with van der Waals surface area (Å²) in [6.45, 7) is 6.75. The maximum Gasteiger partial charge on any atom is 0.276 e. The molecule has 0 spiro atoms. The number of furan rings is 1. The first kappa shape index (κ1) is 15.9. The monoisotopic (exact) mass is 287 g/mol. The van der Waals surface area contributed by atoms with Crippen LogP contribution in [0.25, 0.3) is 0 Å². The fraction of sp³-hybridized carbons (Fsp3) is 0.615. The van der Waals surface area contributed by atoms with Gasteiger partial charge in [0.05, 0.1) is 0 Å². The number of hydrogen-bond acceptors (Lipinski definition) is 4. The standard InChI is InChI=1S/C13H21NO4S/c1-4-11(5-2)9-14(6-3)19(16,17)13-8-7-12(10-15)18-13/h7-8,10-11H,4-6,9H2,1-3H3. The highest BCUT2D eigenvalue weighted by molar-refractivity contribution is 7.89. The van der Waals surface area contributed by atoms with Crippen LogP contribution in [0.3, 0.4) is 0 Å². The van der Waals surface area contributed by atoms with Crippen LogP contribution in [0.5, 0.6) is 0 Å². The Hall–Kier alpha value is -1.14. The summed E-state index contributed by atoms with van der Waals surface area (Å²) in [6.07, 6.45) is 2.36. The Morgan fingerprint density at radius 1 is 1.26 bits per heavy atom. The quantitative estimate of drug-likeness (QED) is 0.689. The molecule has 1 aromatic heterocycles. The second-order valence-electron chi connectivity index (χ2n) is 4.41. The lowest BCUT2D eigenvalue weighted by atomic mass is 10.0. The van der Waals surface area contributed by atoms with Crippen molar-refractivity contribution in [1.82, 2.24) is 4.31 Å². The zero-order valence-electron chi connectivity index (χ0n) is 11.6. The fourth-order valence-electron chi connectivity index (χ4n) is 1.90. The summed E-state index contributed by atoms with van der Waals surface area (Å²) in [7, 11) is -3.65. The Labute approximate surface area is 114 Å². The second-order valence-corrected chi connectivity index (χ2v) is 6.28. The van der Waals surface area contributed by atoms with Crippen LogP contribution >= 0.6 is 0 Å². The van der Waals surface area contributed by atoms with Crippen molar-refractivity contribution in [3.8, 4) is 0 Å². The van der Waals surface area contributed by atoms with Gasteiger partial charge in [-0.2, -0.15) is 4.31 Å². The lowest BCUT2D eigenvalue weighted by Crippen LogP contribution is -2.34. The zero-order chi connectivity index (χ0) is 14.5. The molecular formula is C13H21NO4S. The van der Waals surface area contributed by atoms with Gasteiger partial charge in [0, 0.05) is 13.1 Å². The van der Waals surface area contributed by atoms with E-state index in [1.54, 1.807) is 6.92 Å². The highest BCUT2D eigenvalue weighted by atomic mass is 32.2. The molecule has 0 aromatic carbocycles. The van der Waals surface area contributed by atoms with E-state index in [4.69, 9.17) is 4.42 Å². The predicted molar refractivity (Wildman–Crippen MR) is 72.6 cm³/mol. The molecule has 0 atom stereocenters. The molecule has 19 heavy (non-hydrogen) atoms. The van der Waals surface area contributed by atoms with Crippen molar-refractivity contribution in [3.63, 3.8) is 0 Å². The molecule has 5 nitrogen and oxygen atoms in total. The van der Waals surface area contributed by atoms with Gasteiger partial charge in [-0.1, -0.05) is 33.6 Å². The van der Waals surface area contributed by atoms with Crippen molar-refractivity contribution in [2.24, 2.45) is 5.92 Å². The van der Waals surface area contributed by atoms with Gasteiger partial charge in [0.25, 0.3) is 10.0 Å². The maximum atomic E-state index is 12.4. The SMILES string of the molecule is CCC(CC)CN(CC)S(=O)(=O)c1ccc(C=O)o1. The molecule has 1 rings (SSSR count). The third-order valence-electron chi connectivity index (χ3n) is 3.28. The van der Waals surface area contributed by atoms with E-state index >= 15 is 0 Å². The van der Waals surface area contributed by atoms with E-state index < -0.39 is 10.0 Å². The van der Waals surface area contributed by atoms with Crippen LogP contribution in [-0.2, 0) is 10.0 Å². The molecule has 0 aliphatic heterocycles. The number of carbonyl (C=O) groups is 1. The minimum absolute atomic E-state index is 0.0251. The first-order valence-corrected chi connectivity index (χ1v) is 7.98. The first-order valence-electron chi connectivity index (χ1n) is 6.54. The number of aldehydes is 1. The van der Waals surface area contributed by atoms with Crippen molar-refractivity contribution in [2.45, 2.75) is 38.7 Å². The normalized spacial score (nSPS) is 12.3. The average Bonchev–Trinajstić information content (AvgIpc) is 2.89. The van der Waals surface area contributed by atoms with E-state index in [-0.39, 0.29) is 10.9 Å². The maximum absolute atomic E-state index is 12.4. The topological polar surface area (TPSA) is 67.6 Å². The van der Waals surface area contributed by atoms with Crippen LogP contribution in [0.4, 0.5) is 0 Å². The Morgan fingerprint density at radius 2 is 1.89 bits per heavy atom. The molecule has 0 bridgehead atoms. The molecule has 6 heteroatoms. The van der Waals surface area contributed by atoms with E-state index in [0.29, 0.717) is 25.3 Å². The smallest absolute Gasteiger partial charge is 0.276 e. The van der Waals surface area contributed by atoms with Gasteiger partial charge in [-0.25, -0.2) is 8.42 Å². The van der Waals surface area contributed by atoms with Crippen molar-refractivity contribution in [1.29, 1.82) is 0 Å². The summed E-state index contributed by atoms with van der Waals surface area (Å²) < 4.78 is 31.2. The predicted octanol–water partition coefficient (Wildman–Crippen LogP) is 2.54. The highest BCUT2D eigenvalue weighted by Gasteiger charge is 2.28. The molecule has 0 N–H and O–H groups in total. The first-order chi connectivity index (χ1) is 8.99. The Kier molecular flexibility index (Phi) is 5.75. The van der Waals surface area contributed by atoms with Crippen LogP contribution < -0.4 is 0 Å². The summed E-state index contributed by atoms with van der Waals surface area (Å²) in [5, 5.41) is -0.164. The van der Waals surface area contributed by atoms with Crippen molar-refractivity contribution < 1.29 is 17.6 Å². The molecule has 0 radical (unpaired) electrons. The number of sulfonamides is 1. The van der Waals surface area contributed by atoms with E-state index in [2.05, 4.69) is 0 Å². The van der Waals surface area contributed by atoms with Crippen molar-refractivity contribution in [3.05, 3.63) is 17.9 Å². The van der Waals surface area contributed by atoms with Crippen LogP contribution in [0.15, 0.2) is 21.6 Å². The van der Waals surface area contributed by atoms with E-state index in [0.717, 1.165) is 12.8 Å². The molecule has 0 aliphatic rings. The van der Waals surface area contributed by atoms with E-state index in [1.807, 2.05) is 13.8 Å². The number of hydrogen-bond donors (Lipinski definition) is 0. The largest absolute Gasteiger partial charge is 0.440 e. The van der Waals surface area contributed by atoms with Gasteiger partial charge in [-0.05, 0) is 18.1 Å². The molecule has 0 aliphatic carbocycles. The zero-order valence-corrected chi connectivity index (χ0v) is 12.4. The summed E-state index contributed by atoms with van der Waals surface area (Å²) in [4.78, 5) is 10.6. The summed E-state index contributed by atoms with van der Waals surface area (Å²) >= 11 is 0. The molecule has 0 saturated carbocycles. The van der Waals surface area contributed by atoms with Gasteiger partial charge in [-0.15, -0.1) is 0 Å². The van der Waals surface area contributed by atoms with Gasteiger partial charge in [0.2, 0.25) is 5.09 Å². The molecule has 0 amide bonds. The summed E-state index contributed by atoms with van der Waals surface area (Å²) in [5.41, 5.74) is 0. The van der Waals surface area contributed by atoms with E-state index in [9.17, 15) is 13.2 Å². The Morgan fingerprint density at radius 3 is 2.32 bits per heavy atom. The van der Waals surface area contributed by atoms with Gasteiger partial charge < -0.3 is 4.42 Å². The molecule has 0 fully saturated rings. The third-order valence-corrected chi connectivity index (χ3v) is 5.10. The van der Waals surface area contributed by atoms with Gasteiger partial charge in [0.1, 0.15) is 0 Å². The lowest BCUT2D eigenvalue weighted by molar-refractivity contribution is 0.109. The van der Waals surface area contributed by atoms with Crippen LogP contribution in [0.1, 0.15) is 44.2 Å². The van der Waals surface area contributed by atoms with Gasteiger partial charge in [0.15, 0.2) is 12.0 Å². The van der Waals surface area contributed by atoms with Crippen LogP contribution in [-0.4, -0.2) is 32.1 Å². The van der Waals surface area contributed by atoms with Crippen LogP contribution in [0.2, 0.25) is 0 Å². The van der Waals surface area contributed by atoms with Crippen LogP contribution in [0, 0.1) is 5.92 Å². The molecule has 0 unspecified atom stereocenters. The summed E-state index contributed by atoms with van der Waals surface area (Å²) in [5.74, 6) is 0.354. The third kappa shape index (κ3) is 3.67. The molecule has 1 heterocycles. The minimum Gasteiger partial charge on any atom is -0.440 e. The number of nitrogens with zero attached hydrogens (tertiary/aromatic N) is 1. The Bertz CT molecular complexity index is 502. The molecular weight excluding hydrogens is 266 g/mol.